The molecule has 0 saturated carbocycles. The summed E-state index contributed by atoms with van der Waals surface area (Å²) in [7, 11) is 0. The van der Waals surface area contributed by atoms with Crippen LogP contribution in [-0.2, 0) is 13.1 Å². The van der Waals surface area contributed by atoms with Crippen LogP contribution >= 0.6 is 0 Å². The molecule has 0 bridgehead atoms. The van der Waals surface area contributed by atoms with Crippen LogP contribution in [0.3, 0.4) is 0 Å². The van der Waals surface area contributed by atoms with Crippen LogP contribution in [-0.4, -0.2) is 22.4 Å². The minimum atomic E-state index is -0.188. The minimum Gasteiger partial charge on any atom is -0.467 e. The summed E-state index contributed by atoms with van der Waals surface area (Å²) >= 11 is 0. The van der Waals surface area contributed by atoms with Crippen molar-refractivity contribution in [3.05, 3.63) is 41.6 Å². The van der Waals surface area contributed by atoms with E-state index in [1.165, 1.54) is 0 Å². The standard InChI is InChI=1S/C15H22N4O2/c1-11(10-19-13(3)7-12(2)18-19)8-16-15(20)17-9-14-5-4-6-21-14/h4-7,11H,8-10H2,1-3H3,(H2,16,17,20)/t11-/m0/s1. The summed E-state index contributed by atoms with van der Waals surface area (Å²) in [6, 6.07) is 5.49. The van der Waals surface area contributed by atoms with Gasteiger partial charge in [-0.3, -0.25) is 4.68 Å². The van der Waals surface area contributed by atoms with E-state index in [0.717, 1.165) is 23.7 Å². The molecule has 6 nitrogen and oxygen atoms in total. The average molecular weight is 290 g/mol. The summed E-state index contributed by atoms with van der Waals surface area (Å²) in [4.78, 5) is 11.7. The predicted octanol–water partition coefficient (Wildman–Crippen LogP) is 2.23. The van der Waals surface area contributed by atoms with Gasteiger partial charge in [0, 0.05) is 18.8 Å². The molecule has 2 N–H and O–H groups in total. The summed E-state index contributed by atoms with van der Waals surface area (Å²) in [6.45, 7) is 7.89. The first-order chi connectivity index (χ1) is 10.0. The molecule has 2 aromatic heterocycles. The van der Waals surface area contributed by atoms with Crippen molar-refractivity contribution in [1.29, 1.82) is 0 Å². The quantitative estimate of drug-likeness (QED) is 0.857. The molecule has 0 unspecified atom stereocenters. The largest absolute Gasteiger partial charge is 0.467 e. The molecule has 0 aromatic carbocycles. The Morgan fingerprint density at radius 1 is 1.43 bits per heavy atom. The molecule has 1 atom stereocenters. The highest BCUT2D eigenvalue weighted by Gasteiger charge is 2.09. The number of hydrogen-bond donors (Lipinski definition) is 2. The fourth-order valence-corrected chi connectivity index (χ4v) is 2.13. The number of carbonyl (C=O) groups excluding carboxylic acids is 1. The maximum Gasteiger partial charge on any atom is 0.315 e. The Morgan fingerprint density at radius 3 is 2.86 bits per heavy atom. The van der Waals surface area contributed by atoms with E-state index < -0.39 is 0 Å². The van der Waals surface area contributed by atoms with Gasteiger partial charge in [0.1, 0.15) is 5.76 Å². The van der Waals surface area contributed by atoms with Gasteiger partial charge in [0.2, 0.25) is 0 Å². The Kier molecular flexibility index (Phi) is 5.03. The molecule has 0 aliphatic rings. The molecule has 0 spiro atoms. The number of urea groups is 1. The van der Waals surface area contributed by atoms with Crippen LogP contribution in [0.2, 0.25) is 0 Å². The first-order valence-electron chi connectivity index (χ1n) is 7.09. The zero-order valence-electron chi connectivity index (χ0n) is 12.7. The van der Waals surface area contributed by atoms with E-state index in [0.29, 0.717) is 19.0 Å². The third-order valence-corrected chi connectivity index (χ3v) is 3.20. The second-order valence-corrected chi connectivity index (χ2v) is 5.36. The van der Waals surface area contributed by atoms with Gasteiger partial charge >= 0.3 is 6.03 Å². The van der Waals surface area contributed by atoms with Crippen molar-refractivity contribution >= 4 is 6.03 Å². The smallest absolute Gasteiger partial charge is 0.315 e. The number of furan rings is 1. The van der Waals surface area contributed by atoms with Crippen molar-refractivity contribution in [3.63, 3.8) is 0 Å². The molecule has 0 saturated heterocycles. The Balaban J connectivity index is 1.69. The number of aryl methyl sites for hydroxylation is 2. The van der Waals surface area contributed by atoms with Crippen LogP contribution in [0, 0.1) is 19.8 Å². The Hall–Kier alpha value is -2.24. The summed E-state index contributed by atoms with van der Waals surface area (Å²) in [5.41, 5.74) is 2.16. The number of carbonyl (C=O) groups is 1. The Bertz CT molecular complexity index is 575. The van der Waals surface area contributed by atoms with E-state index in [1.807, 2.05) is 24.6 Å². The first-order valence-corrected chi connectivity index (χ1v) is 7.09. The zero-order chi connectivity index (χ0) is 15.2. The molecule has 0 radical (unpaired) electrons. The number of nitrogens with zero attached hydrogens (tertiary/aromatic N) is 2. The van der Waals surface area contributed by atoms with E-state index in [2.05, 4.69) is 28.7 Å². The van der Waals surface area contributed by atoms with Gasteiger partial charge < -0.3 is 15.1 Å². The summed E-state index contributed by atoms with van der Waals surface area (Å²) in [5, 5.41) is 10.0. The third kappa shape index (κ3) is 4.66. The zero-order valence-corrected chi connectivity index (χ0v) is 12.7. The molecule has 0 aliphatic carbocycles. The molecule has 0 aliphatic heterocycles. The highest BCUT2D eigenvalue weighted by Crippen LogP contribution is 2.05. The SMILES string of the molecule is Cc1cc(C)n(C[C@@H](C)CNC(=O)NCc2ccco2)n1. The molecule has 2 heterocycles. The van der Waals surface area contributed by atoms with Crippen LogP contribution in [0.15, 0.2) is 28.9 Å². The lowest BCUT2D eigenvalue weighted by Crippen LogP contribution is -2.38. The van der Waals surface area contributed by atoms with E-state index in [-0.39, 0.29) is 6.03 Å². The number of rotatable bonds is 6. The van der Waals surface area contributed by atoms with Crippen LogP contribution in [0.25, 0.3) is 0 Å². The number of amides is 2. The third-order valence-electron chi connectivity index (χ3n) is 3.20. The van der Waals surface area contributed by atoms with Gasteiger partial charge in [-0.2, -0.15) is 5.10 Å². The molecule has 2 rings (SSSR count). The molecular weight excluding hydrogens is 268 g/mol. The molecule has 2 amide bonds. The van der Waals surface area contributed by atoms with E-state index in [4.69, 9.17) is 4.42 Å². The Labute approximate surface area is 124 Å². The molecular formula is C15H22N4O2. The van der Waals surface area contributed by atoms with Gasteiger partial charge in [-0.1, -0.05) is 6.92 Å². The minimum absolute atomic E-state index is 0.188. The average Bonchev–Trinajstić information content (AvgIpc) is 3.04. The lowest BCUT2D eigenvalue weighted by Gasteiger charge is -2.14. The highest BCUT2D eigenvalue weighted by molar-refractivity contribution is 5.73. The summed E-state index contributed by atoms with van der Waals surface area (Å²) in [6.07, 6.45) is 1.59. The van der Waals surface area contributed by atoms with E-state index >= 15 is 0 Å². The monoisotopic (exact) mass is 290 g/mol. The van der Waals surface area contributed by atoms with Crippen molar-refractivity contribution in [2.75, 3.05) is 6.54 Å². The lowest BCUT2D eigenvalue weighted by molar-refractivity contribution is 0.237. The van der Waals surface area contributed by atoms with Crippen molar-refractivity contribution in [1.82, 2.24) is 20.4 Å². The second-order valence-electron chi connectivity index (χ2n) is 5.36. The maximum atomic E-state index is 11.7. The van der Waals surface area contributed by atoms with Gasteiger partial charge in [0.25, 0.3) is 0 Å². The van der Waals surface area contributed by atoms with Crippen LogP contribution in [0.5, 0.6) is 0 Å². The molecule has 2 aromatic rings. The number of hydrogen-bond acceptors (Lipinski definition) is 3. The molecule has 6 heteroatoms. The van der Waals surface area contributed by atoms with E-state index in [9.17, 15) is 4.79 Å². The maximum absolute atomic E-state index is 11.7. The fourth-order valence-electron chi connectivity index (χ4n) is 2.13. The van der Waals surface area contributed by atoms with Gasteiger partial charge in [-0.25, -0.2) is 4.79 Å². The van der Waals surface area contributed by atoms with Crippen molar-refractivity contribution in [2.45, 2.75) is 33.9 Å². The number of aromatic nitrogens is 2. The Morgan fingerprint density at radius 2 is 2.24 bits per heavy atom. The topological polar surface area (TPSA) is 72.1 Å². The highest BCUT2D eigenvalue weighted by atomic mass is 16.3. The fraction of sp³-hybridized carbons (Fsp3) is 0.467. The summed E-state index contributed by atoms with van der Waals surface area (Å²) in [5.74, 6) is 1.04. The first kappa shape index (κ1) is 15.2. The molecule has 21 heavy (non-hydrogen) atoms. The van der Waals surface area contributed by atoms with Crippen LogP contribution < -0.4 is 10.6 Å². The van der Waals surface area contributed by atoms with Crippen molar-refractivity contribution in [3.8, 4) is 0 Å². The molecule has 0 fully saturated rings. The van der Waals surface area contributed by atoms with Gasteiger partial charge in [0.05, 0.1) is 18.5 Å². The predicted molar refractivity (Wildman–Crippen MR) is 79.8 cm³/mol. The van der Waals surface area contributed by atoms with Gasteiger partial charge in [-0.05, 0) is 38.0 Å². The van der Waals surface area contributed by atoms with E-state index in [1.54, 1.807) is 12.3 Å². The van der Waals surface area contributed by atoms with Gasteiger partial charge in [0.15, 0.2) is 0 Å². The van der Waals surface area contributed by atoms with Crippen LogP contribution in [0.4, 0.5) is 4.79 Å². The second kappa shape index (κ2) is 6.97. The lowest BCUT2D eigenvalue weighted by atomic mass is 10.2. The number of nitrogens with one attached hydrogen (secondary N) is 2. The van der Waals surface area contributed by atoms with Crippen molar-refractivity contribution in [2.24, 2.45) is 5.92 Å². The van der Waals surface area contributed by atoms with Crippen LogP contribution in [0.1, 0.15) is 24.1 Å². The normalized spacial score (nSPS) is 12.1. The van der Waals surface area contributed by atoms with Gasteiger partial charge in [-0.15, -0.1) is 0 Å². The summed E-state index contributed by atoms with van der Waals surface area (Å²) < 4.78 is 7.12. The van der Waals surface area contributed by atoms with Crippen molar-refractivity contribution < 1.29 is 9.21 Å². The molecule has 114 valence electrons.